The second kappa shape index (κ2) is 8.70. The normalized spacial score (nSPS) is 21.8. The molecule has 2 aromatic rings. The molecule has 3 rings (SSSR count). The monoisotopic (exact) mass is 573 g/mol. The molecular weight excluding hydrogens is 557 g/mol. The molecule has 0 heterocycles. The summed E-state index contributed by atoms with van der Waals surface area (Å²) in [6.45, 7) is 3.87. The van der Waals surface area contributed by atoms with Crippen LogP contribution in [0.25, 0.3) is 0 Å². The summed E-state index contributed by atoms with van der Waals surface area (Å²) >= 11 is 19.1. The van der Waals surface area contributed by atoms with E-state index in [4.69, 9.17) is 32.7 Å². The number of hydrogen-bond donors (Lipinski definition) is 0. The molecule has 4 nitrogen and oxygen atoms in total. The second-order valence-corrected chi connectivity index (χ2v) is 12.3. The van der Waals surface area contributed by atoms with Crippen LogP contribution in [0.15, 0.2) is 54.6 Å². The van der Waals surface area contributed by atoms with Crippen LogP contribution >= 0.6 is 55.1 Å². The Morgan fingerprint density at radius 1 is 1.17 bits per heavy atom. The van der Waals surface area contributed by atoms with Gasteiger partial charge in [0.05, 0.1) is 10.2 Å². The van der Waals surface area contributed by atoms with Crippen LogP contribution in [0.4, 0.5) is 0 Å². The Morgan fingerprint density at radius 3 is 2.30 bits per heavy atom. The molecular formula is C22H19Br2Cl2NO3. The predicted molar refractivity (Wildman–Crippen MR) is 124 cm³/mol. The van der Waals surface area contributed by atoms with Crippen molar-refractivity contribution in [1.29, 1.82) is 5.26 Å². The molecule has 2 unspecified atom stereocenters. The number of para-hydroxylation sites is 1. The van der Waals surface area contributed by atoms with Gasteiger partial charge in [0.25, 0.3) is 0 Å². The molecule has 1 fully saturated rings. The van der Waals surface area contributed by atoms with Crippen molar-refractivity contribution in [3.05, 3.63) is 60.2 Å². The number of ether oxygens (including phenoxy) is 2. The van der Waals surface area contributed by atoms with Crippen LogP contribution in [0.3, 0.4) is 0 Å². The zero-order chi connectivity index (χ0) is 22.2. The van der Waals surface area contributed by atoms with Gasteiger partial charge in [-0.2, -0.15) is 5.26 Å². The van der Waals surface area contributed by atoms with Crippen molar-refractivity contribution in [2.24, 2.45) is 10.8 Å². The first kappa shape index (κ1) is 23.4. The molecule has 1 aliphatic rings. The zero-order valence-electron chi connectivity index (χ0n) is 16.2. The third-order valence-electron chi connectivity index (χ3n) is 5.37. The molecule has 2 aromatic carbocycles. The van der Waals surface area contributed by atoms with Crippen molar-refractivity contribution < 1.29 is 14.3 Å². The minimum atomic E-state index is -1.37. The molecule has 0 radical (unpaired) electrons. The molecule has 0 spiro atoms. The van der Waals surface area contributed by atoms with Crippen molar-refractivity contribution in [3.63, 3.8) is 0 Å². The third-order valence-corrected chi connectivity index (χ3v) is 8.87. The summed E-state index contributed by atoms with van der Waals surface area (Å²) in [5.74, 6) is 0.676. The average molecular weight is 576 g/mol. The maximum absolute atomic E-state index is 13.2. The van der Waals surface area contributed by atoms with Gasteiger partial charge in [-0.15, -0.1) is 0 Å². The number of nitriles is 1. The van der Waals surface area contributed by atoms with E-state index < -0.39 is 25.6 Å². The number of halogens is 4. The average Bonchev–Trinajstić information content (AvgIpc) is 3.29. The van der Waals surface area contributed by atoms with E-state index >= 15 is 0 Å². The van der Waals surface area contributed by atoms with Crippen molar-refractivity contribution in [2.75, 3.05) is 0 Å². The minimum Gasteiger partial charge on any atom is -0.457 e. The van der Waals surface area contributed by atoms with E-state index in [-0.39, 0.29) is 5.41 Å². The highest BCUT2D eigenvalue weighted by Crippen LogP contribution is 2.71. The molecule has 1 saturated carbocycles. The molecule has 0 aromatic heterocycles. The second-order valence-electron chi connectivity index (χ2n) is 7.84. The lowest BCUT2D eigenvalue weighted by molar-refractivity contribution is -0.155. The Hall–Kier alpha value is -1.26. The maximum Gasteiger partial charge on any atom is 0.315 e. The fraction of sp³-hybridized carbons (Fsp3) is 0.364. The number of nitrogens with zero attached hydrogens (tertiary/aromatic N) is 1. The van der Waals surface area contributed by atoms with Crippen LogP contribution in [-0.2, 0) is 9.53 Å². The van der Waals surface area contributed by atoms with Crippen molar-refractivity contribution >= 4 is 61.0 Å². The highest BCUT2D eigenvalue weighted by atomic mass is 79.9. The van der Waals surface area contributed by atoms with Gasteiger partial charge in [-0.25, -0.2) is 0 Å². The fourth-order valence-corrected chi connectivity index (χ4v) is 5.30. The van der Waals surface area contributed by atoms with E-state index in [1.165, 1.54) is 0 Å². The van der Waals surface area contributed by atoms with Gasteiger partial charge in [0.15, 0.2) is 3.24 Å². The highest BCUT2D eigenvalue weighted by Gasteiger charge is 2.73. The molecule has 0 aliphatic heterocycles. The fourth-order valence-electron chi connectivity index (χ4n) is 3.56. The van der Waals surface area contributed by atoms with Gasteiger partial charge in [-0.05, 0) is 52.0 Å². The molecule has 3 atom stereocenters. The molecule has 0 bridgehead atoms. The predicted octanol–water partition coefficient (Wildman–Crippen LogP) is 7.29. The number of hydrogen-bond acceptors (Lipinski definition) is 4. The molecule has 8 heteroatoms. The maximum atomic E-state index is 13.2. The Balaban J connectivity index is 1.81. The van der Waals surface area contributed by atoms with Gasteiger partial charge in [0.1, 0.15) is 17.6 Å². The van der Waals surface area contributed by atoms with E-state index in [0.717, 1.165) is 0 Å². The first-order valence-corrected chi connectivity index (χ1v) is 11.6. The number of esters is 1. The van der Waals surface area contributed by atoms with Gasteiger partial charge < -0.3 is 9.47 Å². The van der Waals surface area contributed by atoms with E-state index in [1.54, 1.807) is 24.3 Å². The Morgan fingerprint density at radius 2 is 1.77 bits per heavy atom. The van der Waals surface area contributed by atoms with Gasteiger partial charge in [0.2, 0.25) is 6.10 Å². The molecule has 158 valence electrons. The summed E-state index contributed by atoms with van der Waals surface area (Å²) < 4.78 is 10.1. The Bertz CT molecular complexity index is 972. The standard InChI is InChI=1S/C22H19Br2Cl2NO3/c1-20(2)13-21(20,18(23)22(24,25)26)19(28)30-17(12-27)14-7-6-10-16(11-14)29-15-8-4-3-5-9-15/h3-11,17-18H,13H2,1-2H3/t17-,18?,21?/m1/s1. The Labute approximate surface area is 202 Å². The third kappa shape index (κ3) is 4.65. The van der Waals surface area contributed by atoms with Gasteiger partial charge >= 0.3 is 5.97 Å². The lowest BCUT2D eigenvalue weighted by Crippen LogP contribution is -2.40. The van der Waals surface area contributed by atoms with Crippen LogP contribution in [-0.4, -0.2) is 14.0 Å². The highest BCUT2D eigenvalue weighted by molar-refractivity contribution is 9.13. The van der Waals surface area contributed by atoms with Crippen molar-refractivity contribution in [1.82, 2.24) is 0 Å². The molecule has 1 aliphatic carbocycles. The smallest absolute Gasteiger partial charge is 0.315 e. The molecule has 0 amide bonds. The topological polar surface area (TPSA) is 59.3 Å². The van der Waals surface area contributed by atoms with E-state index in [1.807, 2.05) is 44.2 Å². The first-order valence-electron chi connectivity index (χ1n) is 9.15. The van der Waals surface area contributed by atoms with Gasteiger partial charge in [0, 0.05) is 5.56 Å². The number of benzene rings is 2. The van der Waals surface area contributed by atoms with Crippen LogP contribution in [0, 0.1) is 22.2 Å². The zero-order valence-corrected chi connectivity index (χ0v) is 20.9. The van der Waals surface area contributed by atoms with E-state index in [2.05, 4.69) is 37.9 Å². The lowest BCUT2D eigenvalue weighted by atomic mass is 9.92. The van der Waals surface area contributed by atoms with Gasteiger partial charge in [-0.1, -0.05) is 83.3 Å². The minimum absolute atomic E-state index is 0.390. The summed E-state index contributed by atoms with van der Waals surface area (Å²) in [5.41, 5.74) is -0.840. The molecule has 30 heavy (non-hydrogen) atoms. The van der Waals surface area contributed by atoms with Crippen molar-refractivity contribution in [2.45, 2.75) is 34.4 Å². The quantitative estimate of drug-likeness (QED) is 0.257. The number of rotatable bonds is 7. The molecule has 0 saturated heterocycles. The van der Waals surface area contributed by atoms with E-state index in [9.17, 15) is 10.1 Å². The summed E-state index contributed by atoms with van der Waals surface area (Å²) in [6, 6.07) is 18.2. The molecule has 0 N–H and O–H groups in total. The number of alkyl halides is 4. The summed E-state index contributed by atoms with van der Waals surface area (Å²) in [4.78, 5) is 12.6. The van der Waals surface area contributed by atoms with Crippen molar-refractivity contribution in [3.8, 4) is 17.6 Å². The van der Waals surface area contributed by atoms with Crippen LogP contribution in [0.1, 0.15) is 31.9 Å². The summed E-state index contributed by atoms with van der Waals surface area (Å²) in [5, 5.41) is 9.68. The number of carbonyl (C=O) groups excluding carboxylic acids is 1. The van der Waals surface area contributed by atoms with E-state index in [0.29, 0.717) is 23.5 Å². The number of carbonyl (C=O) groups is 1. The Kier molecular flexibility index (Phi) is 6.79. The van der Waals surface area contributed by atoms with Crippen LogP contribution in [0.5, 0.6) is 11.5 Å². The first-order chi connectivity index (χ1) is 14.0. The summed E-state index contributed by atoms with van der Waals surface area (Å²) in [6.07, 6.45) is -0.572. The van der Waals surface area contributed by atoms with Crippen LogP contribution in [0.2, 0.25) is 0 Å². The van der Waals surface area contributed by atoms with Gasteiger partial charge in [-0.3, -0.25) is 4.79 Å². The van der Waals surface area contributed by atoms with Crippen LogP contribution < -0.4 is 4.74 Å². The summed E-state index contributed by atoms with van der Waals surface area (Å²) in [7, 11) is 0. The largest absolute Gasteiger partial charge is 0.457 e. The SMILES string of the molecule is CC1(C)CC1(C(=O)O[C@H](C#N)c1cccc(Oc2ccccc2)c1)C(Br)C(Cl)(Cl)Br. The lowest BCUT2D eigenvalue weighted by Gasteiger charge is -2.30.